The van der Waals surface area contributed by atoms with E-state index in [4.69, 9.17) is 0 Å². The van der Waals surface area contributed by atoms with Gasteiger partial charge in [0, 0.05) is 24.7 Å². The summed E-state index contributed by atoms with van der Waals surface area (Å²) in [4.78, 5) is 12.2. The summed E-state index contributed by atoms with van der Waals surface area (Å²) in [6.45, 7) is 5.75. The fraction of sp³-hybridized carbons (Fsp3) is 0.316. The lowest BCUT2D eigenvalue weighted by molar-refractivity contribution is -0.123. The van der Waals surface area contributed by atoms with Crippen LogP contribution in [0, 0.1) is 5.41 Å². The van der Waals surface area contributed by atoms with Crippen molar-refractivity contribution in [2.75, 3.05) is 12.4 Å². The molecule has 5 nitrogen and oxygen atoms in total. The molecule has 0 saturated carbocycles. The second kappa shape index (κ2) is 7.37. The molecular formula is C19H24N2O3S. The van der Waals surface area contributed by atoms with Gasteiger partial charge in [-0.1, -0.05) is 51.1 Å². The molecule has 0 aliphatic heterocycles. The normalized spacial score (nSPS) is 12.2. The zero-order chi connectivity index (χ0) is 18.7. The number of anilines is 1. The van der Waals surface area contributed by atoms with Crippen LogP contribution in [0.15, 0.2) is 59.5 Å². The smallest absolute Gasteiger partial charge is 0.243 e. The van der Waals surface area contributed by atoms with Crippen molar-refractivity contribution in [3.05, 3.63) is 60.2 Å². The molecule has 0 heterocycles. The maximum atomic E-state index is 12.7. The average molecular weight is 360 g/mol. The summed E-state index contributed by atoms with van der Waals surface area (Å²) in [5.41, 5.74) is 0.980. The highest BCUT2D eigenvalue weighted by atomic mass is 32.2. The number of carbonyl (C=O) groups excluding carboxylic acids is 1. The molecule has 0 aliphatic rings. The lowest BCUT2D eigenvalue weighted by atomic mass is 9.95. The van der Waals surface area contributed by atoms with Crippen molar-refractivity contribution in [3.8, 4) is 0 Å². The number of nitrogens with zero attached hydrogens (tertiary/aromatic N) is 1. The Bertz CT molecular complexity index is 823. The Kier molecular flexibility index (Phi) is 5.65. The molecule has 2 aromatic carbocycles. The quantitative estimate of drug-likeness (QED) is 0.887. The summed E-state index contributed by atoms with van der Waals surface area (Å²) in [7, 11) is -2.04. The third kappa shape index (κ3) is 4.90. The summed E-state index contributed by atoms with van der Waals surface area (Å²) < 4.78 is 26.6. The highest BCUT2D eigenvalue weighted by Gasteiger charge is 2.23. The van der Waals surface area contributed by atoms with Gasteiger partial charge in [-0.2, -0.15) is 4.31 Å². The van der Waals surface area contributed by atoms with Crippen LogP contribution in [0.3, 0.4) is 0 Å². The van der Waals surface area contributed by atoms with E-state index in [2.05, 4.69) is 5.32 Å². The molecule has 0 aromatic heterocycles. The molecule has 25 heavy (non-hydrogen) atoms. The molecule has 0 bridgehead atoms. The highest BCUT2D eigenvalue weighted by Crippen LogP contribution is 2.21. The van der Waals surface area contributed by atoms with E-state index in [1.807, 2.05) is 51.1 Å². The minimum atomic E-state index is -3.59. The molecular weight excluding hydrogens is 336 g/mol. The summed E-state index contributed by atoms with van der Waals surface area (Å²) in [6, 6.07) is 15.6. The van der Waals surface area contributed by atoms with E-state index >= 15 is 0 Å². The molecule has 1 amide bonds. The second-order valence-electron chi connectivity index (χ2n) is 6.98. The van der Waals surface area contributed by atoms with E-state index in [-0.39, 0.29) is 10.8 Å². The number of nitrogens with one attached hydrogen (secondary N) is 1. The minimum absolute atomic E-state index is 0.121. The zero-order valence-corrected chi connectivity index (χ0v) is 15.8. The fourth-order valence-corrected chi connectivity index (χ4v) is 3.29. The van der Waals surface area contributed by atoms with E-state index in [1.165, 1.54) is 16.4 Å². The van der Waals surface area contributed by atoms with Gasteiger partial charge < -0.3 is 5.32 Å². The number of hydrogen-bond donors (Lipinski definition) is 1. The van der Waals surface area contributed by atoms with Crippen molar-refractivity contribution in [1.29, 1.82) is 0 Å². The monoisotopic (exact) mass is 360 g/mol. The fourth-order valence-electron chi connectivity index (χ4n) is 2.13. The molecule has 0 aliphatic carbocycles. The largest absolute Gasteiger partial charge is 0.326 e. The first-order chi connectivity index (χ1) is 11.6. The molecule has 0 atom stereocenters. The van der Waals surface area contributed by atoms with E-state index < -0.39 is 15.4 Å². The van der Waals surface area contributed by atoms with Gasteiger partial charge in [-0.15, -0.1) is 0 Å². The summed E-state index contributed by atoms with van der Waals surface area (Å²) in [6.07, 6.45) is 0. The molecule has 1 N–H and O–H groups in total. The van der Waals surface area contributed by atoms with Gasteiger partial charge in [-0.3, -0.25) is 4.79 Å². The molecule has 0 radical (unpaired) electrons. The van der Waals surface area contributed by atoms with Crippen molar-refractivity contribution in [3.63, 3.8) is 0 Å². The van der Waals surface area contributed by atoms with Crippen LogP contribution in [0.25, 0.3) is 0 Å². The molecule has 0 spiro atoms. The van der Waals surface area contributed by atoms with E-state index in [0.29, 0.717) is 12.2 Å². The second-order valence-corrected chi connectivity index (χ2v) is 9.02. The SMILES string of the molecule is CN(Cc1ccccc1)S(=O)(=O)c1ccc(NC(=O)C(C)(C)C)cc1. The highest BCUT2D eigenvalue weighted by molar-refractivity contribution is 7.89. The third-order valence-corrected chi connectivity index (χ3v) is 5.57. The predicted octanol–water partition coefficient (Wildman–Crippen LogP) is 3.49. The van der Waals surface area contributed by atoms with Crippen molar-refractivity contribution < 1.29 is 13.2 Å². The Hall–Kier alpha value is -2.18. The summed E-state index contributed by atoms with van der Waals surface area (Å²) >= 11 is 0. The lowest BCUT2D eigenvalue weighted by Gasteiger charge is -2.19. The Balaban J connectivity index is 2.13. The average Bonchev–Trinajstić information content (AvgIpc) is 2.55. The first-order valence-corrected chi connectivity index (χ1v) is 9.46. The maximum absolute atomic E-state index is 12.7. The van der Waals surface area contributed by atoms with E-state index in [9.17, 15) is 13.2 Å². The van der Waals surface area contributed by atoms with Gasteiger partial charge >= 0.3 is 0 Å². The Morgan fingerprint density at radius 2 is 1.56 bits per heavy atom. The number of rotatable bonds is 5. The minimum Gasteiger partial charge on any atom is -0.326 e. The number of hydrogen-bond acceptors (Lipinski definition) is 3. The Labute approximate surface area is 149 Å². The molecule has 134 valence electrons. The topological polar surface area (TPSA) is 66.5 Å². The van der Waals surface area contributed by atoms with Gasteiger partial charge in [0.2, 0.25) is 15.9 Å². The van der Waals surface area contributed by atoms with Crippen LogP contribution in [-0.2, 0) is 21.4 Å². The van der Waals surface area contributed by atoms with Gasteiger partial charge in [0.25, 0.3) is 0 Å². The number of carbonyl (C=O) groups is 1. The summed E-state index contributed by atoms with van der Waals surface area (Å²) in [5, 5.41) is 2.78. The van der Waals surface area contributed by atoms with Crippen LogP contribution in [0.5, 0.6) is 0 Å². The molecule has 2 aromatic rings. The molecule has 0 unspecified atom stereocenters. The zero-order valence-electron chi connectivity index (χ0n) is 15.0. The Morgan fingerprint density at radius 1 is 1.00 bits per heavy atom. The predicted molar refractivity (Wildman–Crippen MR) is 99.6 cm³/mol. The van der Waals surface area contributed by atoms with Crippen molar-refractivity contribution in [2.24, 2.45) is 5.41 Å². The first-order valence-electron chi connectivity index (χ1n) is 8.02. The number of sulfonamides is 1. The standard InChI is InChI=1S/C19H24N2O3S/c1-19(2,3)18(22)20-16-10-12-17(13-11-16)25(23,24)21(4)14-15-8-6-5-7-9-15/h5-13H,14H2,1-4H3,(H,20,22). The van der Waals surface area contributed by atoms with E-state index in [1.54, 1.807) is 19.2 Å². The molecule has 0 fully saturated rings. The van der Waals surface area contributed by atoms with Gasteiger partial charge in [0.1, 0.15) is 0 Å². The van der Waals surface area contributed by atoms with Crippen molar-refractivity contribution >= 4 is 21.6 Å². The van der Waals surface area contributed by atoms with Crippen LogP contribution in [0.1, 0.15) is 26.3 Å². The summed E-state index contributed by atoms with van der Waals surface area (Å²) in [5.74, 6) is -0.121. The maximum Gasteiger partial charge on any atom is 0.243 e. The molecule has 0 saturated heterocycles. The van der Waals surface area contributed by atoms with Gasteiger partial charge in [0.05, 0.1) is 4.90 Å². The van der Waals surface area contributed by atoms with Crippen LogP contribution in [0.4, 0.5) is 5.69 Å². The van der Waals surface area contributed by atoms with Gasteiger partial charge in [-0.05, 0) is 29.8 Å². The third-order valence-electron chi connectivity index (χ3n) is 3.75. The molecule has 2 rings (SSSR count). The van der Waals surface area contributed by atoms with Gasteiger partial charge in [0.15, 0.2) is 0 Å². The van der Waals surface area contributed by atoms with Crippen LogP contribution >= 0.6 is 0 Å². The number of benzene rings is 2. The first kappa shape index (κ1) is 19.1. The van der Waals surface area contributed by atoms with Gasteiger partial charge in [-0.25, -0.2) is 8.42 Å². The lowest BCUT2D eigenvalue weighted by Crippen LogP contribution is -2.28. The van der Waals surface area contributed by atoms with E-state index in [0.717, 1.165) is 5.56 Å². The van der Waals surface area contributed by atoms with Crippen LogP contribution in [0.2, 0.25) is 0 Å². The van der Waals surface area contributed by atoms with Crippen molar-refractivity contribution in [2.45, 2.75) is 32.2 Å². The molecule has 6 heteroatoms. The number of amides is 1. The Morgan fingerprint density at radius 3 is 2.08 bits per heavy atom. The van der Waals surface area contributed by atoms with Crippen molar-refractivity contribution in [1.82, 2.24) is 4.31 Å². The van der Waals surface area contributed by atoms with Crippen LogP contribution < -0.4 is 5.32 Å². The van der Waals surface area contributed by atoms with Crippen LogP contribution in [-0.4, -0.2) is 25.7 Å².